The molecule has 1 heterocycles. The van der Waals surface area contributed by atoms with E-state index in [0.29, 0.717) is 12.4 Å². The van der Waals surface area contributed by atoms with E-state index in [0.717, 1.165) is 18.8 Å². The van der Waals surface area contributed by atoms with Gasteiger partial charge in [-0.2, -0.15) is 5.10 Å². The van der Waals surface area contributed by atoms with Gasteiger partial charge in [-0.3, -0.25) is 0 Å². The molecular weight excluding hydrogens is 212 g/mol. The lowest BCUT2D eigenvalue weighted by Gasteiger charge is -2.23. The zero-order chi connectivity index (χ0) is 11.3. The van der Waals surface area contributed by atoms with E-state index in [4.69, 9.17) is 11.6 Å². The van der Waals surface area contributed by atoms with Crippen molar-refractivity contribution in [2.45, 2.75) is 45.8 Å². The second kappa shape index (κ2) is 5.47. The molecule has 4 nitrogen and oxygen atoms in total. The normalized spacial score (nSPS) is 12.0. The van der Waals surface area contributed by atoms with Crippen LogP contribution in [-0.2, 0) is 13.1 Å². The van der Waals surface area contributed by atoms with Crippen LogP contribution in [0.1, 0.15) is 33.0 Å². The fraction of sp³-hybridized carbons (Fsp3) is 0.800. The highest BCUT2D eigenvalue weighted by molar-refractivity contribution is 6.18. The molecule has 0 aliphatic heterocycles. The van der Waals surface area contributed by atoms with Crippen LogP contribution >= 0.6 is 11.6 Å². The number of hydrogen-bond donors (Lipinski definition) is 1. The zero-order valence-electron chi connectivity index (χ0n) is 9.63. The highest BCUT2D eigenvalue weighted by Gasteiger charge is 2.16. The molecule has 0 aliphatic rings. The van der Waals surface area contributed by atoms with Gasteiger partial charge in [-0.1, -0.05) is 6.92 Å². The third kappa shape index (κ3) is 3.80. The molecule has 0 amide bonds. The fourth-order valence-corrected chi connectivity index (χ4v) is 1.28. The van der Waals surface area contributed by atoms with Crippen LogP contribution in [0.4, 0.5) is 0 Å². The molecule has 0 saturated carbocycles. The number of nitrogens with one attached hydrogen (secondary N) is 1. The average Bonchev–Trinajstić information content (AvgIpc) is 2.64. The molecule has 0 aromatic carbocycles. The van der Waals surface area contributed by atoms with Crippen LogP contribution < -0.4 is 5.32 Å². The second-order valence-electron chi connectivity index (χ2n) is 4.27. The second-order valence-corrected chi connectivity index (χ2v) is 4.54. The smallest absolute Gasteiger partial charge is 0.140 e. The molecule has 0 unspecified atom stereocenters. The Hall–Kier alpha value is -0.610. The lowest BCUT2D eigenvalue weighted by atomic mass is 10.1. The summed E-state index contributed by atoms with van der Waals surface area (Å²) in [6, 6.07) is 0. The summed E-state index contributed by atoms with van der Waals surface area (Å²) < 4.78 is 1.93. The third-order valence-electron chi connectivity index (χ3n) is 2.19. The van der Waals surface area contributed by atoms with E-state index in [1.54, 1.807) is 6.33 Å². The summed E-state index contributed by atoms with van der Waals surface area (Å²) in [6.07, 6.45) is 2.66. The molecule has 86 valence electrons. The Morgan fingerprint density at radius 3 is 2.87 bits per heavy atom. The molecule has 0 aliphatic carbocycles. The number of hydrogen-bond acceptors (Lipinski definition) is 3. The van der Waals surface area contributed by atoms with E-state index in [1.165, 1.54) is 0 Å². The first-order valence-electron chi connectivity index (χ1n) is 5.26. The first-order valence-corrected chi connectivity index (χ1v) is 5.80. The molecule has 5 heteroatoms. The standard InChI is InChI=1S/C10H19ClN4/c1-4-5-15-9(12-8-14-15)6-13-10(2,3)7-11/h8,13H,4-7H2,1-3H3. The quantitative estimate of drug-likeness (QED) is 0.758. The molecule has 0 saturated heterocycles. The van der Waals surface area contributed by atoms with Crippen molar-refractivity contribution in [3.8, 4) is 0 Å². The van der Waals surface area contributed by atoms with Crippen molar-refractivity contribution in [1.29, 1.82) is 0 Å². The van der Waals surface area contributed by atoms with E-state index in [-0.39, 0.29) is 5.54 Å². The highest BCUT2D eigenvalue weighted by atomic mass is 35.5. The Balaban J connectivity index is 2.53. The van der Waals surface area contributed by atoms with Gasteiger partial charge in [0.25, 0.3) is 0 Å². The first kappa shape index (κ1) is 12.5. The number of aryl methyl sites for hydroxylation is 1. The Kier molecular flexibility index (Phi) is 4.54. The Morgan fingerprint density at radius 2 is 2.27 bits per heavy atom. The molecule has 1 rings (SSSR count). The van der Waals surface area contributed by atoms with Gasteiger partial charge in [0.1, 0.15) is 12.2 Å². The predicted molar refractivity (Wildman–Crippen MR) is 62.0 cm³/mol. The molecule has 0 spiro atoms. The molecule has 15 heavy (non-hydrogen) atoms. The third-order valence-corrected chi connectivity index (χ3v) is 2.86. The van der Waals surface area contributed by atoms with Crippen molar-refractivity contribution in [2.24, 2.45) is 0 Å². The summed E-state index contributed by atoms with van der Waals surface area (Å²) in [4.78, 5) is 4.22. The van der Waals surface area contributed by atoms with E-state index in [2.05, 4.69) is 36.2 Å². The largest absolute Gasteiger partial charge is 0.304 e. The average molecular weight is 231 g/mol. The number of alkyl halides is 1. The summed E-state index contributed by atoms with van der Waals surface area (Å²) in [5.74, 6) is 1.55. The maximum absolute atomic E-state index is 5.83. The van der Waals surface area contributed by atoms with E-state index in [1.807, 2.05) is 4.68 Å². The highest BCUT2D eigenvalue weighted by Crippen LogP contribution is 2.06. The molecule has 1 N–H and O–H groups in total. The van der Waals surface area contributed by atoms with Gasteiger partial charge in [0, 0.05) is 18.0 Å². The van der Waals surface area contributed by atoms with Crippen LogP contribution in [0.15, 0.2) is 6.33 Å². The molecule has 1 aromatic heterocycles. The molecule has 0 atom stereocenters. The van der Waals surface area contributed by atoms with Gasteiger partial charge in [-0.25, -0.2) is 9.67 Å². The van der Waals surface area contributed by atoms with Gasteiger partial charge in [0.05, 0.1) is 6.54 Å². The van der Waals surface area contributed by atoms with Crippen LogP contribution in [0, 0.1) is 0 Å². The molecule has 1 aromatic rings. The van der Waals surface area contributed by atoms with Crippen molar-refractivity contribution in [1.82, 2.24) is 20.1 Å². The topological polar surface area (TPSA) is 42.7 Å². The zero-order valence-corrected chi connectivity index (χ0v) is 10.4. The monoisotopic (exact) mass is 230 g/mol. The minimum absolute atomic E-state index is 0.0649. The van der Waals surface area contributed by atoms with Gasteiger partial charge in [0.2, 0.25) is 0 Å². The Bertz CT molecular complexity index is 295. The lowest BCUT2D eigenvalue weighted by Crippen LogP contribution is -2.41. The molecular formula is C10H19ClN4. The van der Waals surface area contributed by atoms with Crippen molar-refractivity contribution >= 4 is 11.6 Å². The van der Waals surface area contributed by atoms with Gasteiger partial charge in [-0.05, 0) is 20.3 Å². The molecule has 0 bridgehead atoms. The maximum Gasteiger partial charge on any atom is 0.140 e. The van der Waals surface area contributed by atoms with E-state index >= 15 is 0 Å². The first-order chi connectivity index (χ1) is 7.09. The summed E-state index contributed by atoms with van der Waals surface area (Å²) in [6.45, 7) is 7.89. The number of nitrogens with zero attached hydrogens (tertiary/aromatic N) is 3. The van der Waals surface area contributed by atoms with Crippen LogP contribution in [0.2, 0.25) is 0 Å². The van der Waals surface area contributed by atoms with Gasteiger partial charge in [0.15, 0.2) is 0 Å². The predicted octanol–water partition coefficient (Wildman–Crippen LogP) is 1.80. The summed E-state index contributed by atoms with van der Waals surface area (Å²) >= 11 is 5.83. The Morgan fingerprint density at radius 1 is 1.53 bits per heavy atom. The summed E-state index contributed by atoms with van der Waals surface area (Å²) in [5, 5.41) is 7.52. The summed E-state index contributed by atoms with van der Waals surface area (Å²) in [5.41, 5.74) is -0.0649. The van der Waals surface area contributed by atoms with Gasteiger partial charge >= 0.3 is 0 Å². The van der Waals surface area contributed by atoms with Crippen LogP contribution in [-0.4, -0.2) is 26.2 Å². The molecule has 0 fully saturated rings. The Labute approximate surface area is 96.0 Å². The van der Waals surface area contributed by atoms with Gasteiger partial charge in [-0.15, -0.1) is 11.6 Å². The van der Waals surface area contributed by atoms with E-state index < -0.39 is 0 Å². The number of halogens is 1. The van der Waals surface area contributed by atoms with Crippen LogP contribution in [0.25, 0.3) is 0 Å². The van der Waals surface area contributed by atoms with Crippen molar-refractivity contribution < 1.29 is 0 Å². The van der Waals surface area contributed by atoms with Crippen LogP contribution in [0.5, 0.6) is 0 Å². The minimum atomic E-state index is -0.0649. The van der Waals surface area contributed by atoms with Crippen molar-refractivity contribution in [3.05, 3.63) is 12.2 Å². The lowest BCUT2D eigenvalue weighted by molar-refractivity contribution is 0.411. The molecule has 0 radical (unpaired) electrons. The van der Waals surface area contributed by atoms with Crippen molar-refractivity contribution in [2.75, 3.05) is 5.88 Å². The summed E-state index contributed by atoms with van der Waals surface area (Å²) in [7, 11) is 0. The number of aromatic nitrogens is 3. The van der Waals surface area contributed by atoms with Crippen LogP contribution in [0.3, 0.4) is 0 Å². The van der Waals surface area contributed by atoms with Crippen molar-refractivity contribution in [3.63, 3.8) is 0 Å². The number of rotatable bonds is 6. The SMILES string of the molecule is CCCn1ncnc1CNC(C)(C)CCl. The fourth-order valence-electron chi connectivity index (χ4n) is 1.19. The van der Waals surface area contributed by atoms with E-state index in [9.17, 15) is 0 Å². The van der Waals surface area contributed by atoms with Gasteiger partial charge < -0.3 is 5.32 Å². The minimum Gasteiger partial charge on any atom is -0.304 e. The maximum atomic E-state index is 5.83.